The summed E-state index contributed by atoms with van der Waals surface area (Å²) in [5, 5.41) is 0. The highest BCUT2D eigenvalue weighted by molar-refractivity contribution is 5.87. The van der Waals surface area contributed by atoms with Gasteiger partial charge in [0.1, 0.15) is 11.8 Å². The van der Waals surface area contributed by atoms with Crippen molar-refractivity contribution in [2.75, 3.05) is 0 Å². The Labute approximate surface area is 96.8 Å². The summed E-state index contributed by atoms with van der Waals surface area (Å²) >= 11 is 0. The minimum Gasteiger partial charge on any atom is -0.457 e. The minimum atomic E-state index is -0.326. The van der Waals surface area contributed by atoms with Gasteiger partial charge in [0.25, 0.3) is 0 Å². The highest BCUT2D eigenvalue weighted by atomic mass is 16.5. The van der Waals surface area contributed by atoms with E-state index in [2.05, 4.69) is 25.8 Å². The van der Waals surface area contributed by atoms with Gasteiger partial charge in [0.15, 0.2) is 0 Å². The monoisotopic (exact) mass is 221 g/mol. The number of hydrogen-bond acceptors (Lipinski definition) is 3. The predicted octanol–water partition coefficient (Wildman–Crippen LogP) is 3.06. The summed E-state index contributed by atoms with van der Waals surface area (Å²) in [6.07, 6.45) is 3.49. The van der Waals surface area contributed by atoms with Crippen molar-refractivity contribution in [2.24, 2.45) is 5.92 Å². The van der Waals surface area contributed by atoms with E-state index < -0.39 is 0 Å². The summed E-state index contributed by atoms with van der Waals surface area (Å²) in [5.41, 5.74) is 0.379. The van der Waals surface area contributed by atoms with Gasteiger partial charge in [-0.15, -0.1) is 0 Å². The molecule has 1 heterocycles. The van der Waals surface area contributed by atoms with Gasteiger partial charge in [0, 0.05) is 6.20 Å². The summed E-state index contributed by atoms with van der Waals surface area (Å²) < 4.78 is 5.44. The zero-order valence-corrected chi connectivity index (χ0v) is 10.1. The molecule has 0 amide bonds. The summed E-state index contributed by atoms with van der Waals surface area (Å²) in [6.45, 7) is 6.21. The van der Waals surface area contributed by atoms with Crippen molar-refractivity contribution in [1.82, 2.24) is 4.98 Å². The number of esters is 1. The smallest absolute Gasteiger partial charge is 0.357 e. The predicted molar refractivity (Wildman–Crippen MR) is 63.2 cm³/mol. The highest BCUT2D eigenvalue weighted by Gasteiger charge is 2.18. The van der Waals surface area contributed by atoms with E-state index >= 15 is 0 Å². The fraction of sp³-hybridized carbons (Fsp3) is 0.538. The average molecular weight is 221 g/mol. The Hall–Kier alpha value is -1.38. The van der Waals surface area contributed by atoms with E-state index in [1.54, 1.807) is 24.4 Å². The number of nitrogens with zero attached hydrogens (tertiary/aromatic N) is 1. The lowest BCUT2D eigenvalue weighted by Gasteiger charge is -2.20. The molecule has 3 nitrogen and oxygen atoms in total. The summed E-state index contributed by atoms with van der Waals surface area (Å²) in [4.78, 5) is 15.7. The molecule has 88 valence electrons. The SMILES string of the molecule is CCCC(OC(=O)c1ccccn1)C(C)C. The molecule has 1 rings (SSSR count). The van der Waals surface area contributed by atoms with Crippen LogP contribution in [0, 0.1) is 5.92 Å². The first-order valence-electron chi connectivity index (χ1n) is 5.77. The van der Waals surface area contributed by atoms with Gasteiger partial charge in [-0.2, -0.15) is 0 Å². The number of hydrogen-bond donors (Lipinski definition) is 0. The molecule has 0 aliphatic heterocycles. The van der Waals surface area contributed by atoms with E-state index in [0.717, 1.165) is 12.8 Å². The van der Waals surface area contributed by atoms with Crippen LogP contribution in [0.5, 0.6) is 0 Å². The second-order valence-corrected chi connectivity index (χ2v) is 4.19. The number of carbonyl (C=O) groups excluding carboxylic acids is 1. The number of aromatic nitrogens is 1. The Morgan fingerprint density at radius 3 is 2.69 bits per heavy atom. The third-order valence-corrected chi connectivity index (χ3v) is 2.45. The molecule has 0 spiro atoms. The van der Waals surface area contributed by atoms with Gasteiger partial charge in [-0.3, -0.25) is 0 Å². The van der Waals surface area contributed by atoms with Crippen LogP contribution in [-0.2, 0) is 4.74 Å². The topological polar surface area (TPSA) is 39.2 Å². The molecule has 1 atom stereocenters. The van der Waals surface area contributed by atoms with Crippen LogP contribution in [-0.4, -0.2) is 17.1 Å². The third-order valence-electron chi connectivity index (χ3n) is 2.45. The third kappa shape index (κ3) is 3.65. The van der Waals surface area contributed by atoms with Crippen molar-refractivity contribution in [3.63, 3.8) is 0 Å². The maximum atomic E-state index is 11.7. The van der Waals surface area contributed by atoms with E-state index in [9.17, 15) is 4.79 Å². The second kappa shape index (κ2) is 6.26. The first-order valence-corrected chi connectivity index (χ1v) is 5.77. The standard InChI is InChI=1S/C13H19NO2/c1-4-7-12(10(2)3)16-13(15)11-8-5-6-9-14-11/h5-6,8-10,12H,4,7H2,1-3H3. The highest BCUT2D eigenvalue weighted by Crippen LogP contribution is 2.14. The van der Waals surface area contributed by atoms with E-state index in [1.807, 2.05) is 0 Å². The molecule has 0 N–H and O–H groups in total. The molecule has 1 unspecified atom stereocenters. The van der Waals surface area contributed by atoms with Crippen molar-refractivity contribution in [3.05, 3.63) is 30.1 Å². The van der Waals surface area contributed by atoms with Gasteiger partial charge in [0.2, 0.25) is 0 Å². The zero-order chi connectivity index (χ0) is 12.0. The lowest BCUT2D eigenvalue weighted by molar-refractivity contribution is 0.0150. The van der Waals surface area contributed by atoms with Gasteiger partial charge in [-0.1, -0.05) is 33.3 Å². The Kier molecular flexibility index (Phi) is 4.96. The number of ether oxygens (including phenoxy) is 1. The van der Waals surface area contributed by atoms with Gasteiger partial charge in [0.05, 0.1) is 0 Å². The van der Waals surface area contributed by atoms with Gasteiger partial charge in [-0.25, -0.2) is 9.78 Å². The molecule has 16 heavy (non-hydrogen) atoms. The molecule has 0 aliphatic carbocycles. The second-order valence-electron chi connectivity index (χ2n) is 4.19. The molecule has 1 aromatic heterocycles. The molecular weight excluding hydrogens is 202 g/mol. The average Bonchev–Trinajstić information content (AvgIpc) is 2.29. The van der Waals surface area contributed by atoms with Crippen LogP contribution in [0.2, 0.25) is 0 Å². The minimum absolute atomic E-state index is 0.0143. The van der Waals surface area contributed by atoms with E-state index in [1.165, 1.54) is 0 Å². The van der Waals surface area contributed by atoms with Crippen LogP contribution in [0.4, 0.5) is 0 Å². The maximum absolute atomic E-state index is 11.7. The Balaban J connectivity index is 2.62. The summed E-state index contributed by atoms with van der Waals surface area (Å²) in [6, 6.07) is 5.24. The lowest BCUT2D eigenvalue weighted by atomic mass is 10.0. The van der Waals surface area contributed by atoms with Crippen molar-refractivity contribution < 1.29 is 9.53 Å². The molecule has 1 aromatic rings. The fourth-order valence-electron chi connectivity index (χ4n) is 1.49. The van der Waals surface area contributed by atoms with Gasteiger partial charge < -0.3 is 4.74 Å². The van der Waals surface area contributed by atoms with E-state index in [-0.39, 0.29) is 12.1 Å². The van der Waals surface area contributed by atoms with Crippen molar-refractivity contribution in [2.45, 2.75) is 39.7 Å². The Morgan fingerprint density at radius 1 is 1.44 bits per heavy atom. The largest absolute Gasteiger partial charge is 0.457 e. The molecule has 3 heteroatoms. The van der Waals surface area contributed by atoms with E-state index in [0.29, 0.717) is 11.6 Å². The fourth-order valence-corrected chi connectivity index (χ4v) is 1.49. The molecule has 0 aliphatic rings. The van der Waals surface area contributed by atoms with Crippen molar-refractivity contribution in [3.8, 4) is 0 Å². The number of pyridine rings is 1. The molecule has 0 aromatic carbocycles. The summed E-state index contributed by atoms with van der Waals surface area (Å²) in [7, 11) is 0. The first kappa shape index (κ1) is 12.7. The van der Waals surface area contributed by atoms with Crippen molar-refractivity contribution in [1.29, 1.82) is 0 Å². The van der Waals surface area contributed by atoms with Crippen LogP contribution < -0.4 is 0 Å². The first-order chi connectivity index (χ1) is 7.65. The Bertz CT molecular complexity index is 322. The van der Waals surface area contributed by atoms with Crippen LogP contribution in [0.1, 0.15) is 44.1 Å². The normalized spacial score (nSPS) is 12.5. The molecule has 0 bridgehead atoms. The molecule has 0 fully saturated rings. The van der Waals surface area contributed by atoms with Crippen LogP contribution in [0.15, 0.2) is 24.4 Å². The maximum Gasteiger partial charge on any atom is 0.357 e. The van der Waals surface area contributed by atoms with Crippen LogP contribution in [0.25, 0.3) is 0 Å². The molecular formula is C13H19NO2. The van der Waals surface area contributed by atoms with Crippen LogP contribution >= 0.6 is 0 Å². The number of carbonyl (C=O) groups is 1. The van der Waals surface area contributed by atoms with Crippen molar-refractivity contribution >= 4 is 5.97 Å². The number of rotatable bonds is 5. The molecule has 0 radical (unpaired) electrons. The molecule has 0 saturated heterocycles. The zero-order valence-electron chi connectivity index (χ0n) is 10.1. The lowest BCUT2D eigenvalue weighted by Crippen LogP contribution is -2.24. The Morgan fingerprint density at radius 2 is 2.19 bits per heavy atom. The molecule has 0 saturated carbocycles. The quantitative estimate of drug-likeness (QED) is 0.717. The van der Waals surface area contributed by atoms with Gasteiger partial charge in [-0.05, 0) is 24.5 Å². The van der Waals surface area contributed by atoms with E-state index in [4.69, 9.17) is 4.74 Å². The van der Waals surface area contributed by atoms with Crippen LogP contribution in [0.3, 0.4) is 0 Å². The summed E-state index contributed by atoms with van der Waals surface area (Å²) in [5.74, 6) is 0.0142. The van der Waals surface area contributed by atoms with Gasteiger partial charge >= 0.3 is 5.97 Å².